The second-order valence-corrected chi connectivity index (χ2v) is 9.98. The van der Waals surface area contributed by atoms with Crippen molar-refractivity contribution >= 4 is 27.2 Å². The number of hydrogen-bond donors (Lipinski definition) is 2. The Balaban J connectivity index is 1.38. The third-order valence-corrected chi connectivity index (χ3v) is 7.65. The molecule has 0 bridgehead atoms. The van der Waals surface area contributed by atoms with Crippen molar-refractivity contribution in [2.24, 2.45) is 5.92 Å². The number of aromatic amines is 1. The fraction of sp³-hybridized carbons (Fsp3) is 0.318. The molecule has 2 fully saturated rings. The van der Waals surface area contributed by atoms with Crippen LogP contribution in [0.3, 0.4) is 0 Å². The van der Waals surface area contributed by atoms with E-state index >= 15 is 0 Å². The summed E-state index contributed by atoms with van der Waals surface area (Å²) in [6.07, 6.45) is 0.249. The quantitative estimate of drug-likeness (QED) is 0.559. The smallest absolute Gasteiger partial charge is 0.424 e. The summed E-state index contributed by atoms with van der Waals surface area (Å²) in [6, 6.07) is 7.80. The van der Waals surface area contributed by atoms with Crippen LogP contribution in [0.4, 0.5) is 18.0 Å². The zero-order valence-electron chi connectivity index (χ0n) is 17.3. The Hall–Kier alpha value is -3.05. The lowest BCUT2D eigenvalue weighted by atomic mass is 9.70. The van der Waals surface area contributed by atoms with Crippen LogP contribution in [0.25, 0.3) is 22.2 Å². The Morgan fingerprint density at radius 3 is 2.48 bits per heavy atom. The van der Waals surface area contributed by atoms with E-state index in [9.17, 15) is 26.4 Å². The van der Waals surface area contributed by atoms with Gasteiger partial charge in [0.1, 0.15) is 24.1 Å². The molecule has 1 aliphatic heterocycles. The van der Waals surface area contributed by atoms with Crippen LogP contribution in [0.1, 0.15) is 24.3 Å². The maximum atomic E-state index is 14.5. The van der Waals surface area contributed by atoms with E-state index in [-0.39, 0.29) is 37.0 Å². The molecule has 7 nitrogen and oxygen atoms in total. The monoisotopic (exact) mass is 479 g/mol. The highest BCUT2D eigenvalue weighted by Gasteiger charge is 2.38. The molecule has 1 aromatic heterocycles. The summed E-state index contributed by atoms with van der Waals surface area (Å²) >= 11 is 0. The van der Waals surface area contributed by atoms with E-state index in [1.165, 1.54) is 18.2 Å². The largest absolute Gasteiger partial charge is 0.447 e. The molecular formula is C22H20F3N3O4S. The topological polar surface area (TPSA) is 91.5 Å². The van der Waals surface area contributed by atoms with Crippen molar-refractivity contribution in [1.82, 2.24) is 14.0 Å². The van der Waals surface area contributed by atoms with Crippen LogP contribution in [0.15, 0.2) is 36.4 Å². The van der Waals surface area contributed by atoms with Crippen molar-refractivity contribution in [2.45, 2.75) is 18.8 Å². The van der Waals surface area contributed by atoms with Gasteiger partial charge in [-0.05, 0) is 66.1 Å². The van der Waals surface area contributed by atoms with Crippen LogP contribution < -0.4 is 4.72 Å². The van der Waals surface area contributed by atoms with Crippen molar-refractivity contribution in [3.63, 3.8) is 0 Å². The highest BCUT2D eigenvalue weighted by atomic mass is 32.2. The lowest BCUT2D eigenvalue weighted by Crippen LogP contribution is -2.44. The molecule has 2 heterocycles. The van der Waals surface area contributed by atoms with E-state index in [4.69, 9.17) is 0 Å². The van der Waals surface area contributed by atoms with Crippen LogP contribution in [-0.4, -0.2) is 43.5 Å². The van der Waals surface area contributed by atoms with E-state index in [1.807, 2.05) is 0 Å². The fourth-order valence-electron chi connectivity index (χ4n) is 4.54. The van der Waals surface area contributed by atoms with Gasteiger partial charge in [-0.15, -0.1) is 0 Å². The number of hydrogen-bond acceptors (Lipinski definition) is 4. The van der Waals surface area contributed by atoms with Gasteiger partial charge in [0.25, 0.3) is 0 Å². The number of aromatic nitrogens is 1. The van der Waals surface area contributed by atoms with Crippen LogP contribution in [0.5, 0.6) is 0 Å². The Morgan fingerprint density at radius 1 is 1.09 bits per heavy atom. The molecule has 1 saturated heterocycles. The Labute approximate surface area is 187 Å². The van der Waals surface area contributed by atoms with Crippen molar-refractivity contribution in [3.8, 4) is 11.3 Å². The zero-order chi connectivity index (χ0) is 23.3. The third-order valence-electron chi connectivity index (χ3n) is 6.21. The van der Waals surface area contributed by atoms with Crippen LogP contribution in [0, 0.1) is 23.4 Å². The van der Waals surface area contributed by atoms with E-state index in [1.54, 1.807) is 12.1 Å². The molecule has 0 radical (unpaired) electrons. The lowest BCUT2D eigenvalue weighted by molar-refractivity contribution is 0.169. The number of nitrogens with zero attached hydrogens (tertiary/aromatic N) is 1. The second-order valence-electron chi connectivity index (χ2n) is 8.31. The summed E-state index contributed by atoms with van der Waals surface area (Å²) in [5.41, 5.74) is 2.11. The predicted molar refractivity (Wildman–Crippen MR) is 114 cm³/mol. The molecule has 1 amide bonds. The first kappa shape index (κ1) is 21.8. The molecule has 2 N–H and O–H groups in total. The van der Waals surface area contributed by atoms with E-state index in [2.05, 4.69) is 14.4 Å². The summed E-state index contributed by atoms with van der Waals surface area (Å²) in [6.45, 7) is 0.111. The molecule has 5 rings (SSSR count). The first-order valence-corrected chi connectivity index (χ1v) is 11.9. The maximum Gasteiger partial charge on any atom is 0.424 e. The van der Waals surface area contributed by atoms with Crippen LogP contribution in [-0.2, 0) is 14.9 Å². The highest BCUT2D eigenvalue weighted by Crippen LogP contribution is 2.48. The summed E-state index contributed by atoms with van der Waals surface area (Å²) in [5, 5.41) is 0.413. The van der Waals surface area contributed by atoms with E-state index in [0.717, 1.165) is 11.6 Å². The molecule has 0 spiro atoms. The van der Waals surface area contributed by atoms with Gasteiger partial charge in [0.2, 0.25) is 0 Å². The minimum Gasteiger partial charge on any atom is -0.447 e. The highest BCUT2D eigenvalue weighted by molar-refractivity contribution is 7.87. The van der Waals surface area contributed by atoms with Gasteiger partial charge in [0.05, 0.1) is 17.8 Å². The van der Waals surface area contributed by atoms with Gasteiger partial charge in [-0.25, -0.2) is 18.0 Å². The van der Waals surface area contributed by atoms with Gasteiger partial charge in [-0.1, -0.05) is 0 Å². The van der Waals surface area contributed by atoms with Crippen molar-refractivity contribution < 1.29 is 31.1 Å². The molecule has 11 heteroatoms. The molecule has 2 aromatic carbocycles. The molecule has 1 saturated carbocycles. The molecule has 2 aliphatic rings. The summed E-state index contributed by atoms with van der Waals surface area (Å²) < 4.78 is 74.3. The Bertz CT molecular complexity index is 1340. The molecule has 0 atom stereocenters. The third kappa shape index (κ3) is 3.95. The first-order chi connectivity index (χ1) is 15.7. The predicted octanol–water partition coefficient (Wildman–Crippen LogP) is 4.03. The number of rotatable bonds is 6. The van der Waals surface area contributed by atoms with Gasteiger partial charge in [0.15, 0.2) is 0 Å². The number of carbonyl (C=O) groups excluding carboxylic acids is 1. The Kier molecular flexibility index (Phi) is 5.32. The summed E-state index contributed by atoms with van der Waals surface area (Å²) in [7, 11) is -3.98. The number of benzene rings is 2. The summed E-state index contributed by atoms with van der Waals surface area (Å²) in [4.78, 5) is 14.5. The molecule has 0 unspecified atom stereocenters. The normalized spacial score (nSPS) is 20.8. The van der Waals surface area contributed by atoms with Gasteiger partial charge in [0, 0.05) is 18.0 Å². The van der Waals surface area contributed by atoms with Crippen LogP contribution >= 0.6 is 0 Å². The SMILES string of the molecule is O=C1OCCN1S(=O)(=O)NC[C@H]1C[C@H](c2c(-c3ccc(F)cc3)[nH]c3c(F)cc(F)cc32)C1. The Morgan fingerprint density at radius 2 is 1.82 bits per heavy atom. The van der Waals surface area contributed by atoms with Gasteiger partial charge >= 0.3 is 16.3 Å². The average Bonchev–Trinajstić information content (AvgIpc) is 3.32. The zero-order valence-corrected chi connectivity index (χ0v) is 18.1. The number of carbonyl (C=O) groups is 1. The number of amides is 1. The van der Waals surface area contributed by atoms with Gasteiger partial charge in [-0.3, -0.25) is 0 Å². The number of fused-ring (bicyclic) bond motifs is 1. The van der Waals surface area contributed by atoms with Crippen LogP contribution in [0.2, 0.25) is 0 Å². The molecule has 1 aliphatic carbocycles. The minimum absolute atomic E-state index is 0.0189. The average molecular weight is 479 g/mol. The standard InChI is InChI=1S/C22H20F3N3O4S/c23-15-3-1-13(2-4-15)20-19(17-9-16(24)10-18(25)21(17)27-20)14-7-12(8-14)11-26-33(30,31)28-5-6-32-22(28)29/h1-4,9-10,12,14,26-27H,5-8,11H2/t12-,14-. The van der Waals surface area contributed by atoms with Crippen molar-refractivity contribution in [3.05, 3.63) is 59.4 Å². The minimum atomic E-state index is -3.98. The number of ether oxygens (including phenoxy) is 1. The number of H-pyrrole nitrogens is 1. The number of cyclic esters (lactones) is 1. The lowest BCUT2D eigenvalue weighted by Gasteiger charge is -2.36. The van der Waals surface area contributed by atoms with Crippen molar-refractivity contribution in [2.75, 3.05) is 19.7 Å². The van der Waals surface area contributed by atoms with Gasteiger partial charge in [-0.2, -0.15) is 17.4 Å². The summed E-state index contributed by atoms with van der Waals surface area (Å²) in [5.74, 6) is -1.93. The van der Waals surface area contributed by atoms with Crippen molar-refractivity contribution in [1.29, 1.82) is 0 Å². The number of nitrogens with one attached hydrogen (secondary N) is 2. The molecule has 3 aromatic rings. The first-order valence-electron chi connectivity index (χ1n) is 10.4. The number of halogens is 3. The van der Waals surface area contributed by atoms with E-state index < -0.39 is 33.8 Å². The molecular weight excluding hydrogens is 459 g/mol. The van der Waals surface area contributed by atoms with E-state index in [0.29, 0.717) is 33.8 Å². The molecule has 174 valence electrons. The fourth-order valence-corrected chi connectivity index (χ4v) is 5.71. The maximum absolute atomic E-state index is 14.5. The van der Waals surface area contributed by atoms with Gasteiger partial charge < -0.3 is 9.72 Å². The second kappa shape index (κ2) is 8.07. The molecule has 33 heavy (non-hydrogen) atoms.